The quantitative estimate of drug-likeness (QED) is 0.616. The van der Waals surface area contributed by atoms with Gasteiger partial charge in [0.25, 0.3) is 0 Å². The van der Waals surface area contributed by atoms with E-state index in [2.05, 4.69) is 15.9 Å². The number of hydrogen-bond acceptors (Lipinski definition) is 1. The van der Waals surface area contributed by atoms with Crippen LogP contribution < -0.4 is 0 Å². The van der Waals surface area contributed by atoms with E-state index in [1.807, 2.05) is 13.8 Å². The molecule has 0 heterocycles. The normalized spacial score (nSPS) is 15.0. The Morgan fingerprint density at radius 2 is 2.00 bits per heavy atom. The predicted molar refractivity (Wildman–Crippen MR) is 34.6 cm³/mol. The number of aliphatic hydroxyl groups is 1. The molecule has 0 aromatic carbocycles. The van der Waals surface area contributed by atoms with E-state index in [0.717, 1.165) is 0 Å². The van der Waals surface area contributed by atoms with Gasteiger partial charge in [-0.15, -0.1) is 0 Å². The van der Waals surface area contributed by atoms with E-state index in [0.29, 0.717) is 11.2 Å². The lowest BCUT2D eigenvalue weighted by Crippen LogP contribution is -2.15. The summed E-state index contributed by atoms with van der Waals surface area (Å²) in [6.07, 6.45) is -0.181. The van der Waals surface area contributed by atoms with Gasteiger partial charge in [-0.2, -0.15) is 0 Å². The Morgan fingerprint density at radius 1 is 1.57 bits per heavy atom. The summed E-state index contributed by atoms with van der Waals surface area (Å²) in [5.41, 5.74) is 0. The second kappa shape index (κ2) is 3.44. The van der Waals surface area contributed by atoms with E-state index < -0.39 is 0 Å². The van der Waals surface area contributed by atoms with Crippen LogP contribution >= 0.6 is 15.9 Å². The first-order chi connectivity index (χ1) is 3.18. The zero-order valence-corrected chi connectivity index (χ0v) is 6.27. The molecule has 0 aliphatic carbocycles. The monoisotopic (exact) mass is 166 g/mol. The van der Waals surface area contributed by atoms with Gasteiger partial charge in [0.15, 0.2) is 0 Å². The van der Waals surface area contributed by atoms with Crippen LogP contribution in [0.2, 0.25) is 0 Å². The number of alkyl halides is 1. The number of halogens is 1. The average molecular weight is 167 g/mol. The first-order valence-electron chi connectivity index (χ1n) is 2.42. The van der Waals surface area contributed by atoms with E-state index >= 15 is 0 Å². The van der Waals surface area contributed by atoms with Gasteiger partial charge < -0.3 is 5.11 Å². The third-order valence-electron chi connectivity index (χ3n) is 0.928. The van der Waals surface area contributed by atoms with Crippen molar-refractivity contribution in [2.75, 3.05) is 5.33 Å². The highest BCUT2D eigenvalue weighted by Crippen LogP contribution is 2.02. The highest BCUT2D eigenvalue weighted by atomic mass is 79.9. The molecule has 0 saturated heterocycles. The molecule has 1 nitrogen and oxygen atoms in total. The predicted octanol–water partition coefficient (Wildman–Crippen LogP) is 1.40. The first-order valence-corrected chi connectivity index (χ1v) is 3.54. The molecule has 0 fully saturated rings. The van der Waals surface area contributed by atoms with E-state index in [9.17, 15) is 0 Å². The molecule has 2 heteroatoms. The third kappa shape index (κ3) is 3.06. The number of aliphatic hydroxyl groups excluding tert-OH is 1. The lowest BCUT2D eigenvalue weighted by atomic mass is 10.1. The second-order valence-corrected chi connectivity index (χ2v) is 2.61. The van der Waals surface area contributed by atoms with Crippen LogP contribution in [0.5, 0.6) is 0 Å². The largest absolute Gasteiger partial charge is 0.392 e. The SMILES string of the molecule is CC(C)[C@@H](O)CBr. The van der Waals surface area contributed by atoms with Gasteiger partial charge in [0.05, 0.1) is 6.10 Å². The second-order valence-electron chi connectivity index (χ2n) is 1.97. The fourth-order valence-corrected chi connectivity index (χ4v) is 0.926. The van der Waals surface area contributed by atoms with Crippen molar-refractivity contribution in [3.05, 3.63) is 0 Å². The Morgan fingerprint density at radius 3 is 2.00 bits per heavy atom. The molecule has 0 aliphatic heterocycles. The van der Waals surface area contributed by atoms with Gasteiger partial charge >= 0.3 is 0 Å². The summed E-state index contributed by atoms with van der Waals surface area (Å²) in [6, 6.07) is 0. The Balaban J connectivity index is 3.14. The molecule has 0 aliphatic rings. The minimum absolute atomic E-state index is 0.181. The first kappa shape index (κ1) is 7.44. The Hall–Kier alpha value is 0.440. The van der Waals surface area contributed by atoms with Gasteiger partial charge in [0, 0.05) is 5.33 Å². The summed E-state index contributed by atoms with van der Waals surface area (Å²) in [5.74, 6) is 0.374. The van der Waals surface area contributed by atoms with E-state index in [-0.39, 0.29) is 6.10 Å². The van der Waals surface area contributed by atoms with Crippen LogP contribution in [0.1, 0.15) is 13.8 Å². The van der Waals surface area contributed by atoms with Crippen LogP contribution in [0.15, 0.2) is 0 Å². The van der Waals surface area contributed by atoms with Crippen LogP contribution in [-0.2, 0) is 0 Å². The summed E-state index contributed by atoms with van der Waals surface area (Å²) in [6.45, 7) is 3.98. The Bertz CT molecular complexity index is 45.3. The van der Waals surface area contributed by atoms with Crippen molar-refractivity contribution in [2.24, 2.45) is 5.92 Å². The standard InChI is InChI=1S/C5H11BrO/c1-4(2)5(7)3-6/h4-5,7H,3H2,1-2H3/t5-/m0/s1. The van der Waals surface area contributed by atoms with Crippen molar-refractivity contribution in [3.8, 4) is 0 Å². The maximum Gasteiger partial charge on any atom is 0.0659 e. The number of rotatable bonds is 2. The molecule has 1 atom stereocenters. The van der Waals surface area contributed by atoms with Gasteiger partial charge in [0.1, 0.15) is 0 Å². The molecule has 0 unspecified atom stereocenters. The third-order valence-corrected chi connectivity index (χ3v) is 1.59. The fourth-order valence-electron chi connectivity index (χ4n) is 0.178. The highest BCUT2D eigenvalue weighted by Gasteiger charge is 2.04. The van der Waals surface area contributed by atoms with Crippen LogP contribution in [0.4, 0.5) is 0 Å². The number of hydrogen-bond donors (Lipinski definition) is 1. The van der Waals surface area contributed by atoms with Gasteiger partial charge in [-0.05, 0) is 5.92 Å². The lowest BCUT2D eigenvalue weighted by molar-refractivity contribution is 0.150. The van der Waals surface area contributed by atoms with Crippen molar-refractivity contribution in [1.82, 2.24) is 0 Å². The molecule has 0 aromatic heterocycles. The van der Waals surface area contributed by atoms with E-state index in [1.165, 1.54) is 0 Å². The molecule has 7 heavy (non-hydrogen) atoms. The Kier molecular flexibility index (Phi) is 3.66. The summed E-state index contributed by atoms with van der Waals surface area (Å²) < 4.78 is 0. The minimum Gasteiger partial charge on any atom is -0.392 e. The summed E-state index contributed by atoms with van der Waals surface area (Å²) >= 11 is 3.17. The molecular formula is C5H11BrO. The zero-order chi connectivity index (χ0) is 5.86. The fraction of sp³-hybridized carbons (Fsp3) is 1.00. The van der Waals surface area contributed by atoms with Crippen LogP contribution in [0.25, 0.3) is 0 Å². The Labute approximate surface area is 52.9 Å². The molecule has 44 valence electrons. The van der Waals surface area contributed by atoms with Crippen molar-refractivity contribution in [2.45, 2.75) is 20.0 Å². The molecule has 0 rings (SSSR count). The van der Waals surface area contributed by atoms with Gasteiger partial charge in [-0.1, -0.05) is 29.8 Å². The lowest BCUT2D eigenvalue weighted by Gasteiger charge is -2.08. The maximum atomic E-state index is 8.89. The van der Waals surface area contributed by atoms with Gasteiger partial charge in [-0.3, -0.25) is 0 Å². The molecule has 0 radical (unpaired) electrons. The van der Waals surface area contributed by atoms with Crippen LogP contribution in [0.3, 0.4) is 0 Å². The van der Waals surface area contributed by atoms with E-state index in [1.54, 1.807) is 0 Å². The summed E-state index contributed by atoms with van der Waals surface area (Å²) in [7, 11) is 0. The van der Waals surface area contributed by atoms with Crippen molar-refractivity contribution < 1.29 is 5.11 Å². The van der Waals surface area contributed by atoms with Gasteiger partial charge in [0.2, 0.25) is 0 Å². The molecule has 0 amide bonds. The molecule has 0 saturated carbocycles. The highest BCUT2D eigenvalue weighted by molar-refractivity contribution is 9.09. The van der Waals surface area contributed by atoms with Crippen LogP contribution in [-0.4, -0.2) is 16.5 Å². The molecule has 0 spiro atoms. The smallest absolute Gasteiger partial charge is 0.0659 e. The molecule has 0 bridgehead atoms. The van der Waals surface area contributed by atoms with Crippen molar-refractivity contribution >= 4 is 15.9 Å². The van der Waals surface area contributed by atoms with Crippen molar-refractivity contribution in [3.63, 3.8) is 0 Å². The molecule has 0 aromatic rings. The van der Waals surface area contributed by atoms with Gasteiger partial charge in [-0.25, -0.2) is 0 Å². The summed E-state index contributed by atoms with van der Waals surface area (Å²) in [4.78, 5) is 0. The minimum atomic E-state index is -0.181. The summed E-state index contributed by atoms with van der Waals surface area (Å²) in [5, 5.41) is 9.57. The van der Waals surface area contributed by atoms with E-state index in [4.69, 9.17) is 5.11 Å². The zero-order valence-electron chi connectivity index (χ0n) is 4.69. The van der Waals surface area contributed by atoms with Crippen LogP contribution in [0, 0.1) is 5.92 Å². The molecular weight excluding hydrogens is 156 g/mol. The topological polar surface area (TPSA) is 20.2 Å². The maximum absolute atomic E-state index is 8.89. The van der Waals surface area contributed by atoms with Crippen molar-refractivity contribution in [1.29, 1.82) is 0 Å². The molecule has 1 N–H and O–H groups in total. The average Bonchev–Trinajstić information content (AvgIpc) is 1.65.